The minimum Gasteiger partial charge on any atom is -0.360 e. The minimum atomic E-state index is -3.34. The zero-order valence-electron chi connectivity index (χ0n) is 9.94. The van der Waals surface area contributed by atoms with Crippen molar-refractivity contribution >= 4 is 32.6 Å². The number of nitrogens with one attached hydrogen (secondary N) is 1. The van der Waals surface area contributed by atoms with Gasteiger partial charge in [0.15, 0.2) is 0 Å². The Labute approximate surface area is 111 Å². The van der Waals surface area contributed by atoms with Crippen LogP contribution in [-0.2, 0) is 20.7 Å². The smallest absolute Gasteiger partial charge is 0.264 e. The molecule has 1 aromatic heterocycles. The summed E-state index contributed by atoms with van der Waals surface area (Å²) in [6.07, 6.45) is 4.35. The second-order valence-corrected chi connectivity index (χ2v) is 6.16. The Morgan fingerprint density at radius 3 is 2.89 bits per heavy atom. The first-order valence-electron chi connectivity index (χ1n) is 5.56. The first-order chi connectivity index (χ1) is 8.47. The number of benzene rings is 1. The average Bonchev–Trinajstić information content (AvgIpc) is 2.68. The molecule has 0 aliphatic heterocycles. The van der Waals surface area contributed by atoms with Crippen LogP contribution in [0.3, 0.4) is 0 Å². The molecule has 0 radical (unpaired) electrons. The van der Waals surface area contributed by atoms with Gasteiger partial charge in [0.1, 0.15) is 0 Å². The predicted octanol–water partition coefficient (Wildman–Crippen LogP) is 2.73. The third-order valence-corrected chi connectivity index (χ3v) is 3.55. The summed E-state index contributed by atoms with van der Waals surface area (Å²) >= 11 is 6.06. The molecule has 1 N–H and O–H groups in total. The maximum Gasteiger partial charge on any atom is 0.264 e. The van der Waals surface area contributed by atoms with Crippen LogP contribution in [0.4, 0.5) is 0 Å². The van der Waals surface area contributed by atoms with Crippen molar-refractivity contribution < 1.29 is 12.6 Å². The van der Waals surface area contributed by atoms with E-state index in [2.05, 4.69) is 4.98 Å². The molecule has 1 aromatic carbocycles. The van der Waals surface area contributed by atoms with Gasteiger partial charge < -0.3 is 4.98 Å². The van der Waals surface area contributed by atoms with E-state index in [4.69, 9.17) is 15.8 Å². The minimum absolute atomic E-state index is 0.200. The largest absolute Gasteiger partial charge is 0.360 e. The molecule has 0 amide bonds. The number of H-pyrrole nitrogens is 1. The molecular formula is C12H14ClNO3S. The van der Waals surface area contributed by atoms with Crippen LogP contribution in [0.2, 0.25) is 5.02 Å². The van der Waals surface area contributed by atoms with Crippen LogP contribution >= 0.6 is 11.6 Å². The van der Waals surface area contributed by atoms with Crippen LogP contribution in [0.15, 0.2) is 24.4 Å². The fourth-order valence-corrected chi connectivity index (χ4v) is 2.50. The van der Waals surface area contributed by atoms with Crippen LogP contribution in [0.5, 0.6) is 0 Å². The Bertz CT molecular complexity index is 648. The zero-order valence-corrected chi connectivity index (χ0v) is 11.5. The van der Waals surface area contributed by atoms with Crippen LogP contribution in [0, 0.1) is 0 Å². The van der Waals surface area contributed by atoms with Crippen molar-refractivity contribution in [1.29, 1.82) is 0 Å². The summed E-state index contributed by atoms with van der Waals surface area (Å²) in [6.45, 7) is 0.200. The molecular weight excluding hydrogens is 274 g/mol. The highest BCUT2D eigenvalue weighted by Gasteiger charge is 2.07. The van der Waals surface area contributed by atoms with Gasteiger partial charge in [0, 0.05) is 11.6 Å². The third kappa shape index (κ3) is 3.25. The average molecular weight is 288 g/mol. The summed E-state index contributed by atoms with van der Waals surface area (Å²) in [7, 11) is -3.34. The van der Waals surface area contributed by atoms with Gasteiger partial charge in [-0.05, 0) is 24.5 Å². The molecule has 0 atom stereocenters. The molecule has 0 unspecified atom stereocenters. The topological polar surface area (TPSA) is 59.2 Å². The molecule has 0 fully saturated rings. The summed E-state index contributed by atoms with van der Waals surface area (Å²) in [4.78, 5) is 3.12. The highest BCUT2D eigenvalue weighted by molar-refractivity contribution is 7.85. The van der Waals surface area contributed by atoms with Gasteiger partial charge in [0.25, 0.3) is 10.1 Å². The molecule has 1 heterocycles. The number of hydrogen-bond donors (Lipinski definition) is 1. The maximum absolute atomic E-state index is 10.8. The Kier molecular flexibility index (Phi) is 3.94. The van der Waals surface area contributed by atoms with Crippen LogP contribution in [-0.4, -0.2) is 26.3 Å². The highest BCUT2D eigenvalue weighted by atomic mass is 35.5. The molecule has 0 aliphatic rings. The van der Waals surface area contributed by atoms with Gasteiger partial charge in [-0.25, -0.2) is 0 Å². The quantitative estimate of drug-likeness (QED) is 0.679. The number of aromatic nitrogens is 1. The van der Waals surface area contributed by atoms with E-state index < -0.39 is 10.1 Å². The second-order valence-electron chi connectivity index (χ2n) is 4.11. The van der Waals surface area contributed by atoms with E-state index in [0.717, 1.165) is 29.1 Å². The monoisotopic (exact) mass is 287 g/mol. The lowest BCUT2D eigenvalue weighted by Gasteiger charge is -2.01. The van der Waals surface area contributed by atoms with E-state index in [1.54, 1.807) is 0 Å². The van der Waals surface area contributed by atoms with Gasteiger partial charge in [-0.3, -0.25) is 4.18 Å². The van der Waals surface area contributed by atoms with Crippen molar-refractivity contribution in [1.82, 2.24) is 4.98 Å². The molecule has 98 valence electrons. The second kappa shape index (κ2) is 5.30. The fraction of sp³-hybridized carbons (Fsp3) is 0.333. The number of halogens is 1. The maximum atomic E-state index is 10.8. The fourth-order valence-electron chi connectivity index (χ4n) is 1.86. The summed E-state index contributed by atoms with van der Waals surface area (Å²) in [5.74, 6) is 0. The number of hydrogen-bond acceptors (Lipinski definition) is 3. The van der Waals surface area contributed by atoms with Gasteiger partial charge in [0.05, 0.1) is 23.4 Å². The van der Waals surface area contributed by atoms with E-state index >= 15 is 0 Å². The predicted molar refractivity (Wildman–Crippen MR) is 72.4 cm³/mol. The molecule has 2 aromatic rings. The van der Waals surface area contributed by atoms with Crippen molar-refractivity contribution in [2.24, 2.45) is 0 Å². The van der Waals surface area contributed by atoms with E-state index in [1.807, 2.05) is 24.4 Å². The summed E-state index contributed by atoms with van der Waals surface area (Å²) in [5.41, 5.74) is 2.03. The molecule has 2 rings (SSSR count). The number of aryl methyl sites for hydroxylation is 1. The van der Waals surface area contributed by atoms with Gasteiger partial charge in [-0.2, -0.15) is 8.42 Å². The molecule has 0 saturated carbocycles. The normalized spacial score (nSPS) is 12.1. The summed E-state index contributed by atoms with van der Waals surface area (Å²) in [5, 5.41) is 1.76. The molecule has 0 bridgehead atoms. The Balaban J connectivity index is 2.02. The number of rotatable bonds is 5. The van der Waals surface area contributed by atoms with E-state index in [1.165, 1.54) is 0 Å². The Morgan fingerprint density at radius 1 is 1.39 bits per heavy atom. The van der Waals surface area contributed by atoms with Gasteiger partial charge in [0.2, 0.25) is 0 Å². The first-order valence-corrected chi connectivity index (χ1v) is 7.76. The zero-order chi connectivity index (χ0) is 13.2. The molecule has 4 nitrogen and oxygen atoms in total. The van der Waals surface area contributed by atoms with E-state index in [0.29, 0.717) is 11.4 Å². The van der Waals surface area contributed by atoms with Crippen molar-refractivity contribution in [2.45, 2.75) is 12.8 Å². The lowest BCUT2D eigenvalue weighted by atomic mass is 10.1. The number of fused-ring (bicyclic) bond motifs is 1. The van der Waals surface area contributed by atoms with E-state index in [-0.39, 0.29) is 6.61 Å². The summed E-state index contributed by atoms with van der Waals surface area (Å²) in [6, 6.07) is 5.72. The standard InChI is InChI=1S/C12H14ClNO3S/c1-18(15,16)17-7-3-4-9-8-14-12-10(9)5-2-6-11(12)13/h2,5-6,8,14H,3-4,7H2,1H3. The molecule has 0 spiro atoms. The molecule has 0 aliphatic carbocycles. The third-order valence-electron chi connectivity index (χ3n) is 2.64. The molecule has 6 heteroatoms. The van der Waals surface area contributed by atoms with Crippen LogP contribution in [0.25, 0.3) is 10.9 Å². The van der Waals surface area contributed by atoms with Gasteiger partial charge in [-0.1, -0.05) is 23.7 Å². The SMILES string of the molecule is CS(=O)(=O)OCCCc1c[nH]c2c(Cl)cccc12. The van der Waals surface area contributed by atoms with Crippen LogP contribution < -0.4 is 0 Å². The van der Waals surface area contributed by atoms with Crippen molar-refractivity contribution in [3.05, 3.63) is 35.0 Å². The van der Waals surface area contributed by atoms with Crippen molar-refractivity contribution in [3.63, 3.8) is 0 Å². The van der Waals surface area contributed by atoms with Crippen molar-refractivity contribution in [3.8, 4) is 0 Å². The first kappa shape index (κ1) is 13.4. The number of para-hydroxylation sites is 1. The lowest BCUT2D eigenvalue weighted by molar-refractivity contribution is 0.316. The Hall–Kier alpha value is -1.04. The van der Waals surface area contributed by atoms with Gasteiger partial charge in [-0.15, -0.1) is 0 Å². The number of aromatic amines is 1. The van der Waals surface area contributed by atoms with Gasteiger partial charge >= 0.3 is 0 Å². The van der Waals surface area contributed by atoms with Crippen LogP contribution in [0.1, 0.15) is 12.0 Å². The molecule has 0 saturated heterocycles. The highest BCUT2D eigenvalue weighted by Crippen LogP contribution is 2.25. The summed E-state index contributed by atoms with van der Waals surface area (Å²) < 4.78 is 26.3. The van der Waals surface area contributed by atoms with E-state index in [9.17, 15) is 8.42 Å². The van der Waals surface area contributed by atoms with Crippen molar-refractivity contribution in [2.75, 3.05) is 12.9 Å². The molecule has 18 heavy (non-hydrogen) atoms. The lowest BCUT2D eigenvalue weighted by Crippen LogP contribution is -2.04. The Morgan fingerprint density at radius 2 is 2.17 bits per heavy atom.